The van der Waals surface area contributed by atoms with Gasteiger partial charge in [-0.1, -0.05) is 105 Å². The first-order chi connectivity index (χ1) is 27.5. The lowest BCUT2D eigenvalue weighted by Gasteiger charge is -2.34. The molecule has 5 aliphatic carbocycles. The van der Waals surface area contributed by atoms with Gasteiger partial charge in [-0.25, -0.2) is 0 Å². The largest absolute Gasteiger partial charge is 0.315 e. The molecule has 5 aliphatic rings. The van der Waals surface area contributed by atoms with Gasteiger partial charge < -0.3 is 9.80 Å². The minimum Gasteiger partial charge on any atom is -0.315 e. The van der Waals surface area contributed by atoms with Crippen LogP contribution in [0.25, 0.3) is 22.4 Å². The van der Waals surface area contributed by atoms with Gasteiger partial charge in [0.2, 0.25) is 0 Å². The fourth-order valence-corrected chi connectivity index (χ4v) is 10.7. The SMILES string of the molecule is CC1(C)C2=C(CCC=C2)C2=C1C=C(c1c3c(c(Br)c4cc(N(c5ccccc5)c5ccccc5)ccc14)CCC(N(C1=CCCC=C1)c1ccccc1)=C3)CC2. The summed E-state index contributed by atoms with van der Waals surface area (Å²) >= 11 is 4.28. The van der Waals surface area contributed by atoms with Crippen LogP contribution in [0.4, 0.5) is 22.7 Å². The second kappa shape index (κ2) is 14.3. The van der Waals surface area contributed by atoms with E-state index in [2.05, 4.69) is 191 Å². The molecular weight excluding hydrogens is 745 g/mol. The van der Waals surface area contributed by atoms with Crippen LogP contribution in [-0.2, 0) is 6.42 Å². The Kier molecular flexibility index (Phi) is 8.94. The highest BCUT2D eigenvalue weighted by atomic mass is 79.9. The van der Waals surface area contributed by atoms with Crippen molar-refractivity contribution in [2.24, 2.45) is 5.41 Å². The Morgan fingerprint density at radius 3 is 1.89 bits per heavy atom. The van der Waals surface area contributed by atoms with E-state index in [0.29, 0.717) is 0 Å². The smallest absolute Gasteiger partial charge is 0.0468 e. The van der Waals surface area contributed by atoms with Crippen molar-refractivity contribution in [2.75, 3.05) is 9.80 Å². The summed E-state index contributed by atoms with van der Waals surface area (Å²) in [6, 6.07) is 39.7. The molecule has 0 saturated heterocycles. The second-order valence-electron chi connectivity index (χ2n) is 16.3. The van der Waals surface area contributed by atoms with Crippen LogP contribution < -0.4 is 9.80 Å². The molecule has 0 N–H and O–H groups in total. The average Bonchev–Trinajstić information content (AvgIpc) is 3.48. The summed E-state index contributed by atoms with van der Waals surface area (Å²) in [7, 11) is 0. The molecule has 0 spiro atoms. The fraction of sp³-hybridized carbons (Fsp3) is 0.208. The van der Waals surface area contributed by atoms with E-state index in [0.717, 1.165) is 62.0 Å². The molecule has 3 heteroatoms. The van der Waals surface area contributed by atoms with E-state index in [1.54, 1.807) is 11.1 Å². The van der Waals surface area contributed by atoms with Crippen LogP contribution in [0.3, 0.4) is 0 Å². The Labute approximate surface area is 340 Å². The number of allylic oxidation sites excluding steroid dienone is 12. The highest BCUT2D eigenvalue weighted by Crippen LogP contribution is 2.56. The number of benzene rings is 5. The van der Waals surface area contributed by atoms with Crippen molar-refractivity contribution in [3.63, 3.8) is 0 Å². The van der Waals surface area contributed by atoms with Crippen LogP contribution in [0, 0.1) is 5.41 Å². The number of hydrogen-bond acceptors (Lipinski definition) is 2. The van der Waals surface area contributed by atoms with Gasteiger partial charge in [-0.3, -0.25) is 0 Å². The third-order valence-electron chi connectivity index (χ3n) is 12.6. The molecule has 0 amide bonds. The number of para-hydroxylation sites is 3. The van der Waals surface area contributed by atoms with Crippen molar-refractivity contribution >= 4 is 61.1 Å². The van der Waals surface area contributed by atoms with Gasteiger partial charge in [0.1, 0.15) is 0 Å². The Morgan fingerprint density at radius 1 is 0.554 bits per heavy atom. The molecule has 0 aliphatic heterocycles. The van der Waals surface area contributed by atoms with Crippen LogP contribution in [0.5, 0.6) is 0 Å². The fourth-order valence-electron chi connectivity index (χ4n) is 9.99. The van der Waals surface area contributed by atoms with E-state index in [1.165, 1.54) is 72.2 Å². The van der Waals surface area contributed by atoms with Crippen LogP contribution in [-0.4, -0.2) is 0 Å². The first kappa shape index (κ1) is 35.1. The molecule has 10 rings (SSSR count). The molecule has 0 atom stereocenters. The first-order valence-electron chi connectivity index (χ1n) is 20.4. The van der Waals surface area contributed by atoms with Crippen LogP contribution in [0.1, 0.15) is 75.5 Å². The quantitative estimate of drug-likeness (QED) is 0.162. The highest BCUT2D eigenvalue weighted by Gasteiger charge is 2.40. The number of fused-ring (bicyclic) bond motifs is 3. The van der Waals surface area contributed by atoms with E-state index in [-0.39, 0.29) is 5.41 Å². The maximum atomic E-state index is 4.28. The predicted octanol–water partition coefficient (Wildman–Crippen LogP) is 15.3. The Hall–Kier alpha value is -5.38. The third kappa shape index (κ3) is 5.91. The summed E-state index contributed by atoms with van der Waals surface area (Å²) in [6.07, 6.45) is 25.6. The molecule has 0 unspecified atom stereocenters. The lowest BCUT2D eigenvalue weighted by atomic mass is 9.75. The summed E-state index contributed by atoms with van der Waals surface area (Å²) in [5.41, 5.74) is 19.2. The average molecular weight is 792 g/mol. The van der Waals surface area contributed by atoms with Gasteiger partial charge in [0, 0.05) is 44.0 Å². The van der Waals surface area contributed by atoms with Gasteiger partial charge in [0.15, 0.2) is 0 Å². The molecule has 0 fully saturated rings. The minimum absolute atomic E-state index is 0.00240. The molecule has 5 aromatic rings. The predicted molar refractivity (Wildman–Crippen MR) is 241 cm³/mol. The lowest BCUT2D eigenvalue weighted by molar-refractivity contribution is 0.569. The van der Waals surface area contributed by atoms with Crippen molar-refractivity contribution in [1.82, 2.24) is 0 Å². The van der Waals surface area contributed by atoms with Gasteiger partial charge in [-0.05, 0) is 183 Å². The van der Waals surface area contributed by atoms with E-state index in [1.807, 2.05) is 0 Å². The summed E-state index contributed by atoms with van der Waals surface area (Å²) in [4.78, 5) is 4.90. The standard InChI is InChI=1S/C53H47BrN2/c1-53(2)49-26-16-15-25-43(49)44-30-27-36(33-50(44)53)51-45-31-28-42(56(39-21-11-5-12-22-39)40-23-13-6-14-24-40)35-48(45)52(54)46-32-29-41(34-47(46)51)55(37-17-7-3-8-18-37)38-19-9-4-10-20-38/h3,5-9,11-14,16-24,26,28,31,33-35H,4,10,15,25,27,29-30,32H2,1-2H3. The van der Waals surface area contributed by atoms with Crippen LogP contribution in [0.2, 0.25) is 0 Å². The van der Waals surface area contributed by atoms with Crippen molar-refractivity contribution in [1.29, 1.82) is 0 Å². The normalized spacial score (nSPS) is 18.2. The maximum Gasteiger partial charge on any atom is 0.0468 e. The molecule has 0 radical (unpaired) electrons. The number of nitrogens with zero attached hydrogens (tertiary/aromatic N) is 2. The van der Waals surface area contributed by atoms with Crippen molar-refractivity contribution in [3.8, 4) is 0 Å². The number of halogens is 1. The van der Waals surface area contributed by atoms with Crippen molar-refractivity contribution in [3.05, 3.63) is 201 Å². The number of hydrogen-bond donors (Lipinski definition) is 0. The van der Waals surface area contributed by atoms with Gasteiger partial charge in [0.05, 0.1) is 0 Å². The highest BCUT2D eigenvalue weighted by molar-refractivity contribution is 9.10. The van der Waals surface area contributed by atoms with Gasteiger partial charge in [-0.2, -0.15) is 0 Å². The maximum absolute atomic E-state index is 4.28. The van der Waals surface area contributed by atoms with Gasteiger partial charge in [-0.15, -0.1) is 0 Å². The van der Waals surface area contributed by atoms with Crippen LogP contribution in [0.15, 0.2) is 184 Å². The molecule has 0 heterocycles. The molecule has 0 saturated carbocycles. The summed E-state index contributed by atoms with van der Waals surface area (Å²) in [5, 5.41) is 2.58. The number of anilines is 4. The Morgan fingerprint density at radius 2 is 1.21 bits per heavy atom. The molecule has 2 nitrogen and oxygen atoms in total. The van der Waals surface area contributed by atoms with E-state index >= 15 is 0 Å². The van der Waals surface area contributed by atoms with Crippen LogP contribution >= 0.6 is 15.9 Å². The van der Waals surface area contributed by atoms with Gasteiger partial charge >= 0.3 is 0 Å². The van der Waals surface area contributed by atoms with E-state index in [9.17, 15) is 0 Å². The Balaban J connectivity index is 1.20. The van der Waals surface area contributed by atoms with Crippen molar-refractivity contribution in [2.45, 2.75) is 65.2 Å². The van der Waals surface area contributed by atoms with E-state index < -0.39 is 0 Å². The summed E-state index contributed by atoms with van der Waals surface area (Å²) in [5.74, 6) is 0. The third-order valence-corrected chi connectivity index (χ3v) is 13.5. The summed E-state index contributed by atoms with van der Waals surface area (Å²) in [6.45, 7) is 4.90. The second-order valence-corrected chi connectivity index (χ2v) is 17.0. The Bertz CT molecular complexity index is 2560. The first-order valence-corrected chi connectivity index (χ1v) is 21.2. The molecule has 56 heavy (non-hydrogen) atoms. The topological polar surface area (TPSA) is 6.48 Å². The monoisotopic (exact) mass is 790 g/mol. The van der Waals surface area contributed by atoms with E-state index in [4.69, 9.17) is 0 Å². The molecule has 276 valence electrons. The number of rotatable bonds is 7. The molecule has 5 aromatic carbocycles. The molecular formula is C53H47BrN2. The zero-order valence-corrected chi connectivity index (χ0v) is 33.9. The zero-order valence-electron chi connectivity index (χ0n) is 32.4. The summed E-state index contributed by atoms with van der Waals surface area (Å²) < 4.78 is 1.22. The lowest BCUT2D eigenvalue weighted by Crippen LogP contribution is -2.24. The van der Waals surface area contributed by atoms with Gasteiger partial charge in [0.25, 0.3) is 0 Å². The minimum atomic E-state index is 0.00240. The van der Waals surface area contributed by atoms with Crippen molar-refractivity contribution < 1.29 is 0 Å². The molecule has 0 aromatic heterocycles. The molecule has 0 bridgehead atoms. The zero-order chi connectivity index (χ0) is 37.8.